The summed E-state index contributed by atoms with van der Waals surface area (Å²) >= 11 is 0. The topological polar surface area (TPSA) is 74.8 Å². The first-order chi connectivity index (χ1) is 38.2. The predicted octanol–water partition coefficient (Wildman–Crippen LogP) is 19.3. The third-order valence-corrected chi connectivity index (χ3v) is 15.4. The van der Waals surface area contributed by atoms with Crippen molar-refractivity contribution in [3.8, 4) is 33.4 Å². The van der Waals surface area contributed by atoms with Crippen LogP contribution in [0.3, 0.4) is 0 Å². The first-order valence-corrected chi connectivity index (χ1v) is 26.6. The van der Waals surface area contributed by atoms with Gasteiger partial charge in [0.15, 0.2) is 11.7 Å². The number of hydrogen-bond acceptors (Lipinski definition) is 3. The standard InChI is InChI=1S/C73H57N3O2/c1-7-20-54(21-8-2)73(55-25-12-11-13-26-55)63(10-4)56(9-3)58-39-36-51(43-64(58)73)49-34-32-48(33-35-49)50-38-41-66-62(42-50)70-53(24-19-31-67(70)77-66)45-75-72(52-37-40-60-59-28-16-17-30-65(59)78-68(60)44-52)76-71(74)61-29-18-23-47(6)69(61)57-27-15-14-22-46(57)5/h7,9-45,74H,3-4,8H2,1-2,5-6H3/b20-7-,54-21+,74-71?,75-45?,76-72?. The number of nitrogens with one attached hydrogen (secondary N) is 1. The number of fused-ring (bicyclic) bond motifs is 7. The van der Waals surface area contributed by atoms with E-state index in [0.717, 1.165) is 123 Å². The Bertz CT molecular complexity index is 4380. The molecule has 0 spiro atoms. The normalized spacial score (nSPS) is 14.9. The summed E-state index contributed by atoms with van der Waals surface area (Å²) in [5.74, 6) is 0.491. The van der Waals surface area contributed by atoms with Gasteiger partial charge in [0.25, 0.3) is 0 Å². The van der Waals surface area contributed by atoms with Crippen LogP contribution < -0.4 is 0 Å². The average molecular weight is 1010 g/mol. The van der Waals surface area contributed by atoms with Crippen molar-refractivity contribution in [1.29, 1.82) is 5.41 Å². The predicted molar refractivity (Wildman–Crippen MR) is 328 cm³/mol. The number of nitrogens with zero attached hydrogens (tertiary/aromatic N) is 2. The van der Waals surface area contributed by atoms with Gasteiger partial charge in [-0.05, 0) is 148 Å². The highest BCUT2D eigenvalue weighted by Gasteiger charge is 2.46. The van der Waals surface area contributed by atoms with E-state index in [1.54, 1.807) is 0 Å². The van der Waals surface area contributed by atoms with Gasteiger partial charge in [0.2, 0.25) is 0 Å². The molecule has 9 aromatic carbocycles. The summed E-state index contributed by atoms with van der Waals surface area (Å²) in [6.07, 6.45) is 13.5. The van der Waals surface area contributed by atoms with Crippen molar-refractivity contribution >= 4 is 67.3 Å². The molecule has 0 radical (unpaired) electrons. The Hall–Kier alpha value is -9.71. The Morgan fingerprint density at radius 3 is 2.03 bits per heavy atom. The van der Waals surface area contributed by atoms with Crippen LogP contribution in [0, 0.1) is 19.3 Å². The lowest BCUT2D eigenvalue weighted by atomic mass is 9.65. The first-order valence-electron chi connectivity index (χ1n) is 26.6. The van der Waals surface area contributed by atoms with Crippen LogP contribution in [0.25, 0.3) is 82.8 Å². The van der Waals surface area contributed by atoms with Gasteiger partial charge in [-0.2, -0.15) is 0 Å². The number of aliphatic imine (C=N–C) groups is 2. The molecule has 11 aromatic rings. The molecule has 0 fully saturated rings. The van der Waals surface area contributed by atoms with E-state index in [1.165, 1.54) is 22.3 Å². The van der Waals surface area contributed by atoms with Crippen LogP contribution in [0.15, 0.2) is 268 Å². The third-order valence-electron chi connectivity index (χ3n) is 15.4. The molecule has 0 saturated heterocycles. The molecule has 0 bridgehead atoms. The molecule has 1 N–H and O–H groups in total. The summed E-state index contributed by atoms with van der Waals surface area (Å²) < 4.78 is 12.9. The Balaban J connectivity index is 0.927. The maximum absolute atomic E-state index is 9.62. The Labute approximate surface area is 455 Å². The van der Waals surface area contributed by atoms with Crippen LogP contribution in [0.5, 0.6) is 0 Å². The SMILES string of the molecule is C=CC1=C(C=C)C(C(/C=C\C)=C/CC)(c2ccccc2)c2cc(-c3ccc(-c4ccc5oc6cccc(C=NC(=NC(=N)c7cccc(C)c7-c7ccccc7C)c7ccc8c(c7)oc7ccccc78)c6c5c4)cc3)ccc21. The van der Waals surface area contributed by atoms with Crippen LogP contribution in [0.4, 0.5) is 0 Å². The monoisotopic (exact) mass is 1010 g/mol. The number of para-hydroxylation sites is 1. The van der Waals surface area contributed by atoms with Crippen molar-refractivity contribution in [2.24, 2.45) is 9.98 Å². The lowest BCUT2D eigenvalue weighted by molar-refractivity contribution is 0.668. The van der Waals surface area contributed by atoms with Gasteiger partial charge in [0, 0.05) is 44.4 Å². The fourth-order valence-corrected chi connectivity index (χ4v) is 11.9. The van der Waals surface area contributed by atoms with Crippen molar-refractivity contribution < 1.29 is 8.83 Å². The lowest BCUT2D eigenvalue weighted by Gasteiger charge is -2.36. The molecular weight excluding hydrogens is 951 g/mol. The first kappa shape index (κ1) is 49.2. The van der Waals surface area contributed by atoms with Crippen molar-refractivity contribution in [3.63, 3.8) is 0 Å². The Morgan fingerprint density at radius 2 is 1.26 bits per heavy atom. The number of furan rings is 2. The van der Waals surface area contributed by atoms with E-state index in [2.05, 4.69) is 186 Å². The minimum Gasteiger partial charge on any atom is -0.456 e. The summed E-state index contributed by atoms with van der Waals surface area (Å²) in [6.45, 7) is 17.2. The van der Waals surface area contributed by atoms with E-state index in [1.807, 2.05) is 85.1 Å². The quantitative estimate of drug-likeness (QED) is 0.0752. The number of amidine groups is 2. The maximum Gasteiger partial charge on any atom is 0.161 e. The largest absolute Gasteiger partial charge is 0.456 e. The number of benzene rings is 9. The second-order valence-electron chi connectivity index (χ2n) is 20.0. The smallest absolute Gasteiger partial charge is 0.161 e. The number of aryl methyl sites for hydroxylation is 2. The second-order valence-corrected chi connectivity index (χ2v) is 20.0. The molecule has 2 heterocycles. The highest BCUT2D eigenvalue weighted by atomic mass is 16.3. The molecule has 12 rings (SSSR count). The molecule has 1 unspecified atom stereocenters. The molecule has 5 nitrogen and oxygen atoms in total. The van der Waals surface area contributed by atoms with E-state index in [-0.39, 0.29) is 5.84 Å². The van der Waals surface area contributed by atoms with E-state index < -0.39 is 5.41 Å². The highest BCUT2D eigenvalue weighted by Crippen LogP contribution is 2.56. The minimum atomic E-state index is -0.568. The molecule has 78 heavy (non-hydrogen) atoms. The molecule has 1 aliphatic carbocycles. The van der Waals surface area contributed by atoms with Gasteiger partial charge in [-0.25, -0.2) is 9.98 Å². The highest BCUT2D eigenvalue weighted by molar-refractivity contribution is 6.19. The number of hydrogen-bond donors (Lipinski definition) is 1. The number of allylic oxidation sites excluding steroid dienone is 8. The maximum atomic E-state index is 9.62. The summed E-state index contributed by atoms with van der Waals surface area (Å²) in [5.41, 5.74) is 20.5. The van der Waals surface area contributed by atoms with Gasteiger partial charge in [-0.3, -0.25) is 5.41 Å². The summed E-state index contributed by atoms with van der Waals surface area (Å²) in [4.78, 5) is 10.2. The summed E-state index contributed by atoms with van der Waals surface area (Å²) in [6, 6.07) is 67.4. The molecule has 0 aliphatic heterocycles. The lowest BCUT2D eigenvalue weighted by Crippen LogP contribution is -2.30. The molecule has 1 atom stereocenters. The molecule has 5 heteroatoms. The van der Waals surface area contributed by atoms with Crippen LogP contribution in [-0.2, 0) is 5.41 Å². The summed E-state index contributed by atoms with van der Waals surface area (Å²) in [7, 11) is 0. The molecular formula is C73H57N3O2. The van der Waals surface area contributed by atoms with Crippen molar-refractivity contribution in [2.45, 2.75) is 39.5 Å². The molecule has 2 aromatic heterocycles. The zero-order chi connectivity index (χ0) is 53.5. The average Bonchev–Trinajstić information content (AvgIpc) is 4.35. The van der Waals surface area contributed by atoms with Gasteiger partial charge in [-0.15, -0.1) is 0 Å². The van der Waals surface area contributed by atoms with Crippen LogP contribution in [0.2, 0.25) is 0 Å². The molecule has 376 valence electrons. The fraction of sp³-hybridized carbons (Fsp3) is 0.0822. The van der Waals surface area contributed by atoms with Gasteiger partial charge in [0.05, 0.1) is 5.41 Å². The van der Waals surface area contributed by atoms with E-state index in [9.17, 15) is 5.41 Å². The van der Waals surface area contributed by atoms with Crippen molar-refractivity contribution in [2.75, 3.05) is 0 Å². The van der Waals surface area contributed by atoms with Gasteiger partial charge in [-0.1, -0.05) is 202 Å². The zero-order valence-corrected chi connectivity index (χ0v) is 44.3. The molecule has 0 saturated carbocycles. The van der Waals surface area contributed by atoms with Gasteiger partial charge in [0.1, 0.15) is 22.3 Å². The van der Waals surface area contributed by atoms with E-state index >= 15 is 0 Å². The second kappa shape index (κ2) is 20.4. The summed E-state index contributed by atoms with van der Waals surface area (Å²) in [5, 5.41) is 13.6. The van der Waals surface area contributed by atoms with Crippen LogP contribution in [-0.4, -0.2) is 17.9 Å². The molecule has 0 amide bonds. The minimum absolute atomic E-state index is 0.108. The Morgan fingerprint density at radius 1 is 0.590 bits per heavy atom. The van der Waals surface area contributed by atoms with Crippen molar-refractivity contribution in [1.82, 2.24) is 0 Å². The fourth-order valence-electron chi connectivity index (χ4n) is 11.9. The number of rotatable bonds is 12. The van der Waals surface area contributed by atoms with Crippen LogP contribution >= 0.6 is 0 Å². The van der Waals surface area contributed by atoms with Crippen LogP contribution in [0.1, 0.15) is 64.8 Å². The Kier molecular flexibility index (Phi) is 12.9. The van der Waals surface area contributed by atoms with E-state index in [0.29, 0.717) is 5.84 Å². The van der Waals surface area contributed by atoms with E-state index in [4.69, 9.17) is 18.8 Å². The zero-order valence-electron chi connectivity index (χ0n) is 44.3. The van der Waals surface area contributed by atoms with Gasteiger partial charge >= 0.3 is 0 Å². The van der Waals surface area contributed by atoms with Gasteiger partial charge < -0.3 is 8.83 Å². The third kappa shape index (κ3) is 8.32. The molecule has 1 aliphatic rings. The van der Waals surface area contributed by atoms with Crippen molar-refractivity contribution in [3.05, 3.63) is 293 Å².